The van der Waals surface area contributed by atoms with Crippen LogP contribution in [0.2, 0.25) is 5.02 Å². The third-order valence-corrected chi connectivity index (χ3v) is 6.13. The summed E-state index contributed by atoms with van der Waals surface area (Å²) in [5.41, 5.74) is 1.11. The molecule has 24 heavy (non-hydrogen) atoms. The van der Waals surface area contributed by atoms with Crippen molar-refractivity contribution in [2.24, 2.45) is 0 Å². The van der Waals surface area contributed by atoms with Crippen molar-refractivity contribution in [3.63, 3.8) is 0 Å². The van der Waals surface area contributed by atoms with Crippen LogP contribution < -0.4 is 5.32 Å². The van der Waals surface area contributed by atoms with Crippen LogP contribution >= 0.6 is 35.3 Å². The summed E-state index contributed by atoms with van der Waals surface area (Å²) in [5.74, 6) is 0.171. The molecule has 1 N–H and O–H groups in total. The molecule has 2 aromatic rings. The molecule has 0 radical (unpaired) electrons. The van der Waals surface area contributed by atoms with Crippen LogP contribution in [-0.4, -0.2) is 36.0 Å². The van der Waals surface area contributed by atoms with Gasteiger partial charge in [0.05, 0.1) is 4.88 Å². The first kappa shape index (κ1) is 17.7. The molecule has 1 amide bonds. The van der Waals surface area contributed by atoms with Crippen LogP contribution in [0.25, 0.3) is 10.4 Å². The lowest BCUT2D eigenvalue weighted by Gasteiger charge is -2.23. The average molecular weight is 383 g/mol. The molecule has 2 bridgehead atoms. The third-order valence-electron chi connectivity index (χ3n) is 4.76. The summed E-state index contributed by atoms with van der Waals surface area (Å²) in [5, 5.41) is 4.35. The lowest BCUT2D eigenvalue weighted by Crippen LogP contribution is -2.38. The second kappa shape index (κ2) is 7.44. The van der Waals surface area contributed by atoms with Crippen LogP contribution in [0.1, 0.15) is 28.9 Å². The number of nitrogens with zero attached hydrogens (tertiary/aromatic N) is 1. The molecule has 2 saturated heterocycles. The molecule has 0 aliphatic carbocycles. The molecule has 6 heteroatoms. The highest BCUT2D eigenvalue weighted by Gasteiger charge is 2.31. The minimum absolute atomic E-state index is 0. The highest BCUT2D eigenvalue weighted by atomic mass is 35.5. The topological polar surface area (TPSA) is 32.3 Å². The average Bonchev–Trinajstić information content (AvgIpc) is 3.14. The lowest BCUT2D eigenvalue weighted by atomic mass is 10.1. The Kier molecular flexibility index (Phi) is 5.50. The summed E-state index contributed by atoms with van der Waals surface area (Å²) in [6.07, 6.45) is 3.51. The quantitative estimate of drug-likeness (QED) is 0.831. The molecule has 3 heterocycles. The first-order valence-corrected chi connectivity index (χ1v) is 9.29. The monoisotopic (exact) mass is 382 g/mol. The number of rotatable bonds is 2. The van der Waals surface area contributed by atoms with Gasteiger partial charge in [0.1, 0.15) is 0 Å². The standard InChI is InChI=1S/C18H19ClN2OS.ClH/c19-13-3-1-12(2-4-13)16-7-8-17(23-16)18(22)21-10-9-14-5-6-15(11-21)20-14;/h1-4,7-8,14-15,20H,5-6,9-11H2;1H. The van der Waals surface area contributed by atoms with Gasteiger partial charge in [-0.25, -0.2) is 0 Å². The molecule has 2 aliphatic heterocycles. The summed E-state index contributed by atoms with van der Waals surface area (Å²) in [4.78, 5) is 16.8. The van der Waals surface area contributed by atoms with E-state index in [1.165, 1.54) is 12.8 Å². The zero-order chi connectivity index (χ0) is 15.8. The number of halogens is 2. The summed E-state index contributed by atoms with van der Waals surface area (Å²) in [6.45, 7) is 1.70. The Morgan fingerprint density at radius 2 is 1.83 bits per heavy atom. The number of carbonyl (C=O) groups is 1. The molecule has 3 nitrogen and oxygen atoms in total. The van der Waals surface area contributed by atoms with Gasteiger partial charge in [-0.2, -0.15) is 0 Å². The SMILES string of the molecule is Cl.O=C(c1ccc(-c2ccc(Cl)cc2)s1)N1CCC2CCC(C1)N2. The first-order valence-electron chi connectivity index (χ1n) is 8.10. The van der Waals surface area contributed by atoms with Crippen LogP contribution in [0.15, 0.2) is 36.4 Å². The molecular weight excluding hydrogens is 363 g/mol. The van der Waals surface area contributed by atoms with Crippen molar-refractivity contribution < 1.29 is 4.79 Å². The van der Waals surface area contributed by atoms with Gasteiger partial charge in [0, 0.05) is 35.1 Å². The maximum Gasteiger partial charge on any atom is 0.263 e. The van der Waals surface area contributed by atoms with Crippen molar-refractivity contribution in [1.29, 1.82) is 0 Å². The number of thiophene rings is 1. The second-order valence-corrected chi connectivity index (χ2v) is 7.87. The van der Waals surface area contributed by atoms with E-state index in [0.29, 0.717) is 12.1 Å². The maximum atomic E-state index is 12.8. The number of hydrogen-bond acceptors (Lipinski definition) is 3. The molecule has 4 rings (SSSR count). The Morgan fingerprint density at radius 3 is 2.62 bits per heavy atom. The number of hydrogen-bond donors (Lipinski definition) is 1. The van der Waals surface area contributed by atoms with E-state index in [1.54, 1.807) is 11.3 Å². The van der Waals surface area contributed by atoms with Crippen molar-refractivity contribution in [3.8, 4) is 10.4 Å². The summed E-state index contributed by atoms with van der Waals surface area (Å²) in [7, 11) is 0. The van der Waals surface area contributed by atoms with Gasteiger partial charge in [0.15, 0.2) is 0 Å². The van der Waals surface area contributed by atoms with Gasteiger partial charge in [-0.15, -0.1) is 23.7 Å². The van der Waals surface area contributed by atoms with E-state index in [4.69, 9.17) is 11.6 Å². The van der Waals surface area contributed by atoms with Gasteiger partial charge < -0.3 is 10.2 Å². The van der Waals surface area contributed by atoms with Crippen molar-refractivity contribution in [2.75, 3.05) is 13.1 Å². The van der Waals surface area contributed by atoms with Crippen LogP contribution in [-0.2, 0) is 0 Å². The Morgan fingerprint density at radius 1 is 1.08 bits per heavy atom. The summed E-state index contributed by atoms with van der Waals surface area (Å²) >= 11 is 7.51. The van der Waals surface area contributed by atoms with Crippen LogP contribution in [0, 0.1) is 0 Å². The smallest absolute Gasteiger partial charge is 0.263 e. The fraction of sp³-hybridized carbons (Fsp3) is 0.389. The Bertz CT molecular complexity index is 716. The molecule has 1 aromatic carbocycles. The molecular formula is C18H20Cl2N2OS. The Balaban J connectivity index is 0.00000169. The van der Waals surface area contributed by atoms with Gasteiger partial charge in [-0.3, -0.25) is 4.79 Å². The van der Waals surface area contributed by atoms with Crippen molar-refractivity contribution >= 4 is 41.3 Å². The van der Waals surface area contributed by atoms with Crippen molar-refractivity contribution in [3.05, 3.63) is 46.3 Å². The van der Waals surface area contributed by atoms with Crippen LogP contribution in [0.4, 0.5) is 0 Å². The molecule has 0 spiro atoms. The highest BCUT2D eigenvalue weighted by molar-refractivity contribution is 7.17. The zero-order valence-electron chi connectivity index (χ0n) is 13.2. The van der Waals surface area contributed by atoms with Crippen molar-refractivity contribution in [1.82, 2.24) is 10.2 Å². The molecule has 2 aliphatic rings. The Labute approximate surface area is 157 Å². The number of likely N-dealkylation sites (tertiary alicyclic amines) is 1. The molecule has 0 saturated carbocycles. The number of amides is 1. The van der Waals surface area contributed by atoms with Crippen LogP contribution in [0.5, 0.6) is 0 Å². The van der Waals surface area contributed by atoms with E-state index in [2.05, 4.69) is 5.32 Å². The maximum absolute atomic E-state index is 12.8. The van der Waals surface area contributed by atoms with E-state index >= 15 is 0 Å². The van der Waals surface area contributed by atoms with Gasteiger partial charge in [0.25, 0.3) is 5.91 Å². The minimum atomic E-state index is 0. The van der Waals surface area contributed by atoms with E-state index in [-0.39, 0.29) is 18.3 Å². The molecule has 2 unspecified atom stereocenters. The van der Waals surface area contributed by atoms with Gasteiger partial charge in [0.2, 0.25) is 0 Å². The number of carbonyl (C=O) groups excluding carboxylic acids is 1. The molecule has 2 atom stereocenters. The highest BCUT2D eigenvalue weighted by Crippen LogP contribution is 2.30. The van der Waals surface area contributed by atoms with E-state index in [1.807, 2.05) is 41.3 Å². The molecule has 128 valence electrons. The first-order chi connectivity index (χ1) is 11.2. The zero-order valence-corrected chi connectivity index (χ0v) is 15.6. The van der Waals surface area contributed by atoms with Gasteiger partial charge >= 0.3 is 0 Å². The minimum Gasteiger partial charge on any atom is -0.336 e. The fourth-order valence-electron chi connectivity index (χ4n) is 3.51. The van der Waals surface area contributed by atoms with Crippen LogP contribution in [0.3, 0.4) is 0 Å². The number of fused-ring (bicyclic) bond motifs is 2. The fourth-order valence-corrected chi connectivity index (χ4v) is 4.61. The number of nitrogens with one attached hydrogen (secondary N) is 1. The predicted octanol–water partition coefficient (Wildman–Crippen LogP) is 4.46. The largest absolute Gasteiger partial charge is 0.336 e. The van der Waals surface area contributed by atoms with E-state index < -0.39 is 0 Å². The summed E-state index contributed by atoms with van der Waals surface area (Å²) < 4.78 is 0. The molecule has 2 fully saturated rings. The van der Waals surface area contributed by atoms with Gasteiger partial charge in [-0.1, -0.05) is 23.7 Å². The second-order valence-electron chi connectivity index (χ2n) is 6.35. The third kappa shape index (κ3) is 3.62. The lowest BCUT2D eigenvalue weighted by molar-refractivity contribution is 0.0753. The van der Waals surface area contributed by atoms with E-state index in [0.717, 1.165) is 39.9 Å². The number of benzene rings is 1. The summed E-state index contributed by atoms with van der Waals surface area (Å²) in [6, 6.07) is 12.8. The van der Waals surface area contributed by atoms with Gasteiger partial charge in [-0.05, 0) is 49.1 Å². The molecule has 1 aromatic heterocycles. The predicted molar refractivity (Wildman–Crippen MR) is 102 cm³/mol. The van der Waals surface area contributed by atoms with E-state index in [9.17, 15) is 4.79 Å². The normalized spacial score (nSPS) is 22.8. The Hall–Kier alpha value is -1.07. The van der Waals surface area contributed by atoms with Crippen molar-refractivity contribution in [2.45, 2.75) is 31.3 Å².